The summed E-state index contributed by atoms with van der Waals surface area (Å²) in [4.78, 5) is 0. The predicted octanol–water partition coefficient (Wildman–Crippen LogP) is 2.14. The molecule has 0 N–H and O–H groups in total. The average molecular weight is 338 g/mol. The molecule has 1 nitrogen and oxygen atoms in total. The Labute approximate surface area is 117 Å². The van der Waals surface area contributed by atoms with Gasteiger partial charge in [-0.15, -0.1) is 0 Å². The number of hydrogen-bond acceptors (Lipinski definition) is 0. The molecule has 0 aromatic heterocycles. The van der Waals surface area contributed by atoms with Crippen molar-refractivity contribution in [2.45, 2.75) is 0 Å². The molecular weight excluding hydrogens is 327 g/mol. The number of nitrogens with zero attached hydrogens (tertiary/aromatic N) is 1. The van der Waals surface area contributed by atoms with Crippen LogP contribution in [0.3, 0.4) is 0 Å². The van der Waals surface area contributed by atoms with Crippen LogP contribution in [0.4, 0.5) is 0 Å². The molecule has 0 aliphatic carbocycles. The van der Waals surface area contributed by atoms with E-state index in [1.165, 1.54) is 16.3 Å². The summed E-state index contributed by atoms with van der Waals surface area (Å²) in [5.41, 5.74) is 0. The van der Waals surface area contributed by atoms with Gasteiger partial charge in [0, 0.05) is 5.22 Å². The third-order valence-electron chi connectivity index (χ3n) is 2.31. The molecule has 0 heterocycles. The zero-order valence-electron chi connectivity index (χ0n) is 9.36. The molecule has 17 heavy (non-hydrogen) atoms. The average Bonchev–Trinajstić information content (AvgIpc) is 2.42. The van der Waals surface area contributed by atoms with Crippen molar-refractivity contribution in [3.05, 3.63) is 74.8 Å². The monoisotopic (exact) mass is 335 g/mol. The molecule has 0 spiro atoms. The molecule has 2 aromatic rings. The summed E-state index contributed by atoms with van der Waals surface area (Å²) in [5, 5.41) is 12.7. The summed E-state index contributed by atoms with van der Waals surface area (Å²) in [7, 11) is 0. The van der Waals surface area contributed by atoms with Gasteiger partial charge >= 0.3 is 30.0 Å². The first kappa shape index (κ1) is 14.1. The summed E-state index contributed by atoms with van der Waals surface area (Å²) in [6, 6.07) is 15.5. The molecule has 0 amide bonds. The summed E-state index contributed by atoms with van der Waals surface area (Å²) < 4.78 is 0. The Morgan fingerprint density at radius 2 is 1.59 bits per heavy atom. The Balaban J connectivity index is 0.000000686. The fourth-order valence-electron chi connectivity index (χ4n) is 1.52. The maximum absolute atomic E-state index is 8.97. The first-order valence-corrected chi connectivity index (χ1v) is 11.9. The van der Waals surface area contributed by atoms with Gasteiger partial charge in [0.1, 0.15) is 0 Å². The molecule has 0 aliphatic rings. The first-order valence-electron chi connectivity index (χ1n) is 4.99. The minimum absolute atomic E-state index is 0.703. The molecular formula is C14H10BrNZn. The van der Waals surface area contributed by atoms with E-state index >= 15 is 0 Å². The van der Waals surface area contributed by atoms with Gasteiger partial charge in [0.25, 0.3) is 0 Å². The zero-order chi connectivity index (χ0) is 12.7. The van der Waals surface area contributed by atoms with Crippen LogP contribution >= 0.6 is 13.6 Å². The van der Waals surface area contributed by atoms with Crippen LogP contribution in [-0.4, -0.2) is 5.87 Å². The second kappa shape index (κ2) is 7.34. The van der Waals surface area contributed by atoms with E-state index in [1.54, 1.807) is 0 Å². The van der Waals surface area contributed by atoms with Gasteiger partial charge in [-0.2, -0.15) is 0 Å². The van der Waals surface area contributed by atoms with Crippen molar-refractivity contribution in [1.29, 1.82) is 0 Å². The van der Waals surface area contributed by atoms with E-state index < -0.39 is 0 Å². The van der Waals surface area contributed by atoms with E-state index in [0.717, 1.165) is 15.7 Å². The van der Waals surface area contributed by atoms with Crippen molar-refractivity contribution >= 4 is 26.1 Å². The molecule has 0 atom stereocenters. The SMILES string of the molecule is C=c1ccc(=c2ccccc2=C=[N-])cc1.[Zn+][Br]. The molecule has 0 saturated heterocycles. The topological polar surface area (TPSA) is 22.3 Å². The van der Waals surface area contributed by atoms with E-state index in [-0.39, 0.29) is 0 Å². The van der Waals surface area contributed by atoms with Crippen molar-refractivity contribution in [3.8, 4) is 0 Å². The summed E-state index contributed by atoms with van der Waals surface area (Å²) in [6.07, 6.45) is 0. The minimum atomic E-state index is 0.703. The molecule has 3 heteroatoms. The van der Waals surface area contributed by atoms with E-state index in [9.17, 15) is 0 Å². The van der Waals surface area contributed by atoms with Gasteiger partial charge in [-0.3, -0.25) is 5.87 Å². The van der Waals surface area contributed by atoms with Crippen LogP contribution < -0.4 is 10.4 Å². The third-order valence-corrected chi connectivity index (χ3v) is 2.31. The van der Waals surface area contributed by atoms with Crippen molar-refractivity contribution < 1.29 is 16.3 Å². The van der Waals surface area contributed by atoms with Gasteiger partial charge < -0.3 is 5.41 Å². The van der Waals surface area contributed by atoms with Gasteiger partial charge in [-0.25, -0.2) is 0 Å². The Morgan fingerprint density at radius 3 is 2.18 bits per heavy atom. The third kappa shape index (κ3) is 3.75. The fraction of sp³-hybridized carbons (Fsp3) is 0. The van der Waals surface area contributed by atoms with E-state index in [4.69, 9.17) is 5.41 Å². The summed E-state index contributed by atoms with van der Waals surface area (Å²) >= 11 is 4.25. The molecule has 0 unspecified atom stereocenters. The van der Waals surface area contributed by atoms with Crippen LogP contribution in [0.25, 0.3) is 12.0 Å². The Kier molecular flexibility index (Phi) is 6.07. The molecule has 2 aromatic carbocycles. The Morgan fingerprint density at radius 1 is 1.00 bits per heavy atom. The summed E-state index contributed by atoms with van der Waals surface area (Å²) in [6.45, 7) is 3.83. The first-order chi connectivity index (χ1) is 8.31. The molecule has 80 valence electrons. The zero-order valence-corrected chi connectivity index (χ0v) is 13.9. The molecule has 0 bridgehead atoms. The van der Waals surface area contributed by atoms with Crippen LogP contribution in [0.5, 0.6) is 0 Å². The van der Waals surface area contributed by atoms with Crippen LogP contribution in [0.1, 0.15) is 0 Å². The van der Waals surface area contributed by atoms with Crippen LogP contribution in [0.15, 0.2) is 48.5 Å². The molecule has 0 radical (unpaired) electrons. The van der Waals surface area contributed by atoms with E-state index in [1.807, 2.05) is 48.5 Å². The Hall–Kier alpha value is -1.01. The second-order valence-corrected chi connectivity index (χ2v) is 3.35. The van der Waals surface area contributed by atoms with Gasteiger partial charge in [-0.1, -0.05) is 49.0 Å². The van der Waals surface area contributed by atoms with Crippen molar-refractivity contribution in [2.24, 2.45) is 0 Å². The summed E-state index contributed by atoms with van der Waals surface area (Å²) in [5.74, 6) is 2.19. The molecule has 2 rings (SSSR count). The Bertz CT molecular complexity index is 682. The van der Waals surface area contributed by atoms with Crippen LogP contribution in [0, 0.1) is 10.4 Å². The van der Waals surface area contributed by atoms with Gasteiger partial charge in [0.2, 0.25) is 0 Å². The number of benzene rings is 2. The van der Waals surface area contributed by atoms with Crippen molar-refractivity contribution in [3.63, 3.8) is 0 Å². The molecule has 0 saturated carbocycles. The van der Waals surface area contributed by atoms with E-state index in [0.29, 0.717) is 5.22 Å². The number of rotatable bonds is 0. The number of halogens is 1. The maximum atomic E-state index is 8.97. The fourth-order valence-corrected chi connectivity index (χ4v) is 1.52. The van der Waals surface area contributed by atoms with Gasteiger partial charge in [0.15, 0.2) is 0 Å². The van der Waals surface area contributed by atoms with E-state index in [2.05, 4.69) is 26.1 Å². The normalized spacial score (nSPS) is 8.88. The molecule has 0 aliphatic heterocycles. The van der Waals surface area contributed by atoms with Crippen LogP contribution in [-0.2, 0) is 16.3 Å². The van der Waals surface area contributed by atoms with Gasteiger partial charge in [0.05, 0.1) is 0 Å². The second-order valence-electron chi connectivity index (χ2n) is 3.35. The van der Waals surface area contributed by atoms with Crippen molar-refractivity contribution in [1.82, 2.24) is 0 Å². The quantitative estimate of drug-likeness (QED) is 0.519. The standard InChI is InChI=1S/C14H10N.BrH.Zn/c1-11-6-8-12(9-7-11)14-5-3-2-4-13(14)10-15;;/h2-9H,1H2;1H;/q-1;;+2/p-1. The number of hydrogen-bond donors (Lipinski definition) is 0. The van der Waals surface area contributed by atoms with Crippen LogP contribution in [0.2, 0.25) is 0 Å². The predicted molar refractivity (Wildman–Crippen MR) is 71.7 cm³/mol. The molecule has 0 fully saturated rings. The van der Waals surface area contributed by atoms with Gasteiger partial charge in [-0.05, 0) is 21.7 Å². The van der Waals surface area contributed by atoms with Crippen molar-refractivity contribution in [2.75, 3.05) is 0 Å².